The molecule has 3 heteroatoms. The van der Waals surface area contributed by atoms with Gasteiger partial charge in [-0.1, -0.05) is 44.2 Å². The summed E-state index contributed by atoms with van der Waals surface area (Å²) < 4.78 is 0. The van der Waals surface area contributed by atoms with Crippen LogP contribution in [0.1, 0.15) is 31.7 Å². The molecular formula is C15H17ClN2. The molecule has 0 aliphatic rings. The maximum Gasteiger partial charge on any atom is 0.140 e. The highest BCUT2D eigenvalue weighted by Crippen LogP contribution is 2.43. The summed E-state index contributed by atoms with van der Waals surface area (Å²) in [6.45, 7) is 4.13. The molecule has 2 nitrogen and oxygen atoms in total. The Labute approximate surface area is 114 Å². The molecule has 1 rings (SSSR count). The number of rotatable bonds is 5. The van der Waals surface area contributed by atoms with Gasteiger partial charge in [0.05, 0.1) is 12.1 Å². The molecule has 0 aliphatic carbocycles. The van der Waals surface area contributed by atoms with E-state index in [1.807, 2.05) is 30.3 Å². The van der Waals surface area contributed by atoms with Crippen LogP contribution in [0.2, 0.25) is 0 Å². The summed E-state index contributed by atoms with van der Waals surface area (Å²) in [5.74, 6) is -0.238. The molecule has 0 N–H and O–H groups in total. The number of alkyl halides is 1. The van der Waals surface area contributed by atoms with Crippen molar-refractivity contribution in [3.05, 3.63) is 35.9 Å². The van der Waals surface area contributed by atoms with Crippen molar-refractivity contribution >= 4 is 11.6 Å². The molecular weight excluding hydrogens is 244 g/mol. The van der Waals surface area contributed by atoms with Crippen LogP contribution in [-0.4, -0.2) is 5.88 Å². The molecule has 0 saturated carbocycles. The zero-order valence-corrected chi connectivity index (χ0v) is 11.5. The third-order valence-corrected chi connectivity index (χ3v) is 3.54. The first-order valence-corrected chi connectivity index (χ1v) is 6.50. The van der Waals surface area contributed by atoms with E-state index < -0.39 is 5.92 Å². The van der Waals surface area contributed by atoms with Gasteiger partial charge in [-0.15, -0.1) is 11.6 Å². The largest absolute Gasteiger partial charge is 0.197 e. The Morgan fingerprint density at radius 1 is 1.17 bits per heavy atom. The minimum Gasteiger partial charge on any atom is -0.197 e. The first kappa shape index (κ1) is 14.6. The Kier molecular flexibility index (Phi) is 5.20. The fourth-order valence-electron chi connectivity index (χ4n) is 2.33. The highest BCUT2D eigenvalue weighted by Gasteiger charge is 2.36. The molecule has 0 heterocycles. The minimum absolute atomic E-state index is 0.118. The summed E-state index contributed by atoms with van der Waals surface area (Å²) in [4.78, 5) is 0. The molecule has 1 unspecified atom stereocenters. The summed E-state index contributed by atoms with van der Waals surface area (Å²) in [5, 5.41) is 18.4. The maximum absolute atomic E-state index is 9.18. The number of hydrogen-bond donors (Lipinski definition) is 0. The monoisotopic (exact) mass is 260 g/mol. The number of benzene rings is 1. The number of hydrogen-bond acceptors (Lipinski definition) is 2. The zero-order chi connectivity index (χ0) is 13.6. The summed E-state index contributed by atoms with van der Waals surface area (Å²) in [6, 6.07) is 14.0. The first-order chi connectivity index (χ1) is 8.56. The van der Waals surface area contributed by atoms with Crippen molar-refractivity contribution in [2.45, 2.75) is 26.2 Å². The van der Waals surface area contributed by atoms with Crippen LogP contribution in [0.3, 0.4) is 0 Å². The van der Waals surface area contributed by atoms with Gasteiger partial charge in [-0.05, 0) is 17.4 Å². The molecule has 1 aromatic carbocycles. The van der Waals surface area contributed by atoms with Crippen molar-refractivity contribution in [1.29, 1.82) is 10.5 Å². The maximum atomic E-state index is 9.18. The summed E-state index contributed by atoms with van der Waals surface area (Å²) in [6.07, 6.45) is 0.772. The first-order valence-electron chi connectivity index (χ1n) is 5.97. The Morgan fingerprint density at radius 2 is 1.72 bits per heavy atom. The summed E-state index contributed by atoms with van der Waals surface area (Å²) >= 11 is 5.84. The van der Waals surface area contributed by atoms with Crippen LogP contribution in [0.15, 0.2) is 30.3 Å². The second kappa shape index (κ2) is 6.43. The second-order valence-corrected chi connectivity index (χ2v) is 5.43. The van der Waals surface area contributed by atoms with E-state index in [1.165, 1.54) is 0 Å². The third-order valence-electron chi connectivity index (χ3n) is 3.35. The van der Waals surface area contributed by atoms with E-state index in [9.17, 15) is 10.5 Å². The molecule has 0 spiro atoms. The SMILES string of the molecule is CC(C)(CCCl)C(c1ccccc1)C(C#N)C#N. The molecule has 0 aromatic heterocycles. The molecule has 0 saturated heterocycles. The van der Waals surface area contributed by atoms with E-state index in [2.05, 4.69) is 26.0 Å². The average molecular weight is 261 g/mol. The standard InChI is InChI=1S/C15H17ClN2/c1-15(2,8-9-16)14(13(10-17)11-18)12-6-4-3-5-7-12/h3-7,13-14H,8-9H2,1-2H3. The van der Waals surface area contributed by atoms with Gasteiger partial charge in [0, 0.05) is 11.8 Å². The summed E-state index contributed by atoms with van der Waals surface area (Å²) in [7, 11) is 0. The van der Waals surface area contributed by atoms with Gasteiger partial charge in [0.15, 0.2) is 0 Å². The highest BCUT2D eigenvalue weighted by molar-refractivity contribution is 6.17. The molecule has 0 amide bonds. The fourth-order valence-corrected chi connectivity index (χ4v) is 2.82. The Balaban J connectivity index is 3.20. The van der Waals surface area contributed by atoms with Crippen molar-refractivity contribution in [2.24, 2.45) is 11.3 Å². The van der Waals surface area contributed by atoms with Crippen LogP contribution >= 0.6 is 11.6 Å². The van der Waals surface area contributed by atoms with Gasteiger partial charge >= 0.3 is 0 Å². The Hall–Kier alpha value is -1.51. The van der Waals surface area contributed by atoms with Crippen LogP contribution in [0.4, 0.5) is 0 Å². The molecule has 0 bridgehead atoms. The van der Waals surface area contributed by atoms with Gasteiger partial charge in [-0.25, -0.2) is 0 Å². The number of nitriles is 2. The van der Waals surface area contributed by atoms with Gasteiger partial charge in [-0.3, -0.25) is 0 Å². The lowest BCUT2D eigenvalue weighted by atomic mass is 9.68. The number of nitrogens with zero attached hydrogens (tertiary/aromatic N) is 2. The second-order valence-electron chi connectivity index (χ2n) is 5.05. The smallest absolute Gasteiger partial charge is 0.140 e. The van der Waals surface area contributed by atoms with E-state index in [4.69, 9.17) is 11.6 Å². The molecule has 0 radical (unpaired) electrons. The van der Waals surface area contributed by atoms with Crippen LogP contribution < -0.4 is 0 Å². The topological polar surface area (TPSA) is 47.6 Å². The highest BCUT2D eigenvalue weighted by atomic mass is 35.5. The third kappa shape index (κ3) is 3.25. The van der Waals surface area contributed by atoms with Crippen LogP contribution in [0, 0.1) is 34.0 Å². The molecule has 1 atom stereocenters. The molecule has 18 heavy (non-hydrogen) atoms. The van der Waals surface area contributed by atoms with Gasteiger partial charge in [0.1, 0.15) is 5.92 Å². The normalized spacial score (nSPS) is 12.8. The van der Waals surface area contributed by atoms with Crippen molar-refractivity contribution in [3.63, 3.8) is 0 Å². The van der Waals surface area contributed by atoms with Crippen molar-refractivity contribution < 1.29 is 0 Å². The molecule has 0 aliphatic heterocycles. The van der Waals surface area contributed by atoms with Gasteiger partial charge in [-0.2, -0.15) is 10.5 Å². The Morgan fingerprint density at radius 3 is 2.17 bits per heavy atom. The van der Waals surface area contributed by atoms with Gasteiger partial charge < -0.3 is 0 Å². The van der Waals surface area contributed by atoms with Crippen molar-refractivity contribution in [3.8, 4) is 12.1 Å². The molecule has 94 valence electrons. The van der Waals surface area contributed by atoms with E-state index in [0.717, 1.165) is 12.0 Å². The lowest BCUT2D eigenvalue weighted by Gasteiger charge is -2.35. The van der Waals surface area contributed by atoms with E-state index >= 15 is 0 Å². The van der Waals surface area contributed by atoms with Gasteiger partial charge in [0.25, 0.3) is 0 Å². The van der Waals surface area contributed by atoms with E-state index in [1.54, 1.807) is 0 Å². The van der Waals surface area contributed by atoms with Gasteiger partial charge in [0.2, 0.25) is 0 Å². The number of halogens is 1. The lowest BCUT2D eigenvalue weighted by molar-refractivity contribution is 0.253. The summed E-state index contributed by atoms with van der Waals surface area (Å²) in [5.41, 5.74) is 0.847. The van der Waals surface area contributed by atoms with Crippen LogP contribution in [-0.2, 0) is 0 Å². The average Bonchev–Trinajstić information content (AvgIpc) is 2.36. The predicted octanol–water partition coefficient (Wildman–Crippen LogP) is 4.09. The van der Waals surface area contributed by atoms with Crippen LogP contribution in [0.25, 0.3) is 0 Å². The quantitative estimate of drug-likeness (QED) is 0.749. The lowest BCUT2D eigenvalue weighted by Crippen LogP contribution is -2.28. The van der Waals surface area contributed by atoms with E-state index in [-0.39, 0.29) is 11.3 Å². The predicted molar refractivity (Wildman–Crippen MR) is 73.0 cm³/mol. The molecule has 0 fully saturated rings. The van der Waals surface area contributed by atoms with E-state index in [0.29, 0.717) is 5.88 Å². The van der Waals surface area contributed by atoms with Crippen molar-refractivity contribution in [1.82, 2.24) is 0 Å². The van der Waals surface area contributed by atoms with Crippen LogP contribution in [0.5, 0.6) is 0 Å². The minimum atomic E-state index is -0.648. The molecule has 1 aromatic rings. The van der Waals surface area contributed by atoms with Crippen molar-refractivity contribution in [2.75, 3.05) is 5.88 Å². The zero-order valence-electron chi connectivity index (χ0n) is 10.7. The Bertz CT molecular complexity index is 440. The fraction of sp³-hybridized carbons (Fsp3) is 0.467.